The van der Waals surface area contributed by atoms with Gasteiger partial charge in [0.2, 0.25) is 0 Å². The fourth-order valence-electron chi connectivity index (χ4n) is 4.54. The first kappa shape index (κ1) is 27.5. The Morgan fingerprint density at radius 3 is 1.58 bits per heavy atom. The van der Waals surface area contributed by atoms with Crippen molar-refractivity contribution in [2.45, 2.75) is 44.8 Å². The van der Waals surface area contributed by atoms with Gasteiger partial charge in [0.15, 0.2) is 12.0 Å². The second-order valence-electron chi connectivity index (χ2n) is 8.52. The molecule has 0 aliphatic carbocycles. The minimum Gasteiger partial charge on any atom is -0.326 e. The van der Waals surface area contributed by atoms with Gasteiger partial charge in [-0.1, -0.05) is 118 Å². The molecular weight excluding hydrogens is 476 g/mol. The van der Waals surface area contributed by atoms with Crippen LogP contribution in [-0.2, 0) is 10.1 Å². The molecule has 1 heterocycles. The minimum atomic E-state index is -3.13. The van der Waals surface area contributed by atoms with Crippen molar-refractivity contribution in [3.8, 4) is 0 Å². The van der Waals surface area contributed by atoms with Crippen LogP contribution < -0.4 is 0 Å². The first-order chi connectivity index (χ1) is 17.4. The number of nitrogens with zero attached hydrogens (tertiary/aromatic N) is 3. The van der Waals surface area contributed by atoms with E-state index in [0.717, 1.165) is 29.5 Å². The SMILES string of the molecule is CCC(CC)CC(F)c1ncn(C(c2ccccc2)(c2ccccc2)c2ccccc2)n1.O=[PH](O)O. The van der Waals surface area contributed by atoms with Crippen molar-refractivity contribution in [1.29, 1.82) is 0 Å². The van der Waals surface area contributed by atoms with E-state index in [-0.39, 0.29) is 5.82 Å². The summed E-state index contributed by atoms with van der Waals surface area (Å²) in [7, 11) is -3.13. The number of hydrogen-bond donors (Lipinski definition) is 2. The van der Waals surface area contributed by atoms with Crippen LogP contribution in [0.1, 0.15) is 61.8 Å². The van der Waals surface area contributed by atoms with E-state index >= 15 is 4.39 Å². The molecule has 0 spiro atoms. The van der Waals surface area contributed by atoms with E-state index in [1.807, 2.05) is 59.3 Å². The van der Waals surface area contributed by atoms with Crippen LogP contribution in [0.25, 0.3) is 0 Å². The summed E-state index contributed by atoms with van der Waals surface area (Å²) in [4.78, 5) is 18.8. The van der Waals surface area contributed by atoms with E-state index in [1.165, 1.54) is 0 Å². The van der Waals surface area contributed by atoms with E-state index in [0.29, 0.717) is 12.3 Å². The molecule has 190 valence electrons. The van der Waals surface area contributed by atoms with Crippen LogP contribution >= 0.6 is 8.25 Å². The predicted molar refractivity (Wildman–Crippen MR) is 141 cm³/mol. The molecule has 0 amide bonds. The average molecular weight is 510 g/mol. The zero-order valence-electron chi connectivity index (χ0n) is 20.5. The first-order valence-electron chi connectivity index (χ1n) is 12.1. The Morgan fingerprint density at radius 2 is 1.22 bits per heavy atom. The third-order valence-electron chi connectivity index (χ3n) is 6.40. The fraction of sp³-hybridized carbons (Fsp3) is 0.286. The smallest absolute Gasteiger partial charge is 0.314 e. The zero-order chi connectivity index (χ0) is 26.0. The summed E-state index contributed by atoms with van der Waals surface area (Å²) in [6, 6.07) is 30.7. The summed E-state index contributed by atoms with van der Waals surface area (Å²) in [6.07, 6.45) is 2.87. The van der Waals surface area contributed by atoms with Gasteiger partial charge in [0.25, 0.3) is 0 Å². The Hall–Kier alpha value is -3.12. The summed E-state index contributed by atoms with van der Waals surface area (Å²) < 4.78 is 25.8. The van der Waals surface area contributed by atoms with Gasteiger partial charge in [0.05, 0.1) is 0 Å². The molecule has 36 heavy (non-hydrogen) atoms. The summed E-state index contributed by atoms with van der Waals surface area (Å²) in [5.74, 6) is 0.586. The molecule has 0 saturated heterocycles. The molecule has 4 aromatic rings. The molecule has 1 aromatic heterocycles. The van der Waals surface area contributed by atoms with E-state index in [4.69, 9.17) is 19.5 Å². The van der Waals surface area contributed by atoms with Crippen LogP contribution in [0.15, 0.2) is 97.3 Å². The van der Waals surface area contributed by atoms with Crippen molar-refractivity contribution >= 4 is 8.25 Å². The van der Waals surface area contributed by atoms with Gasteiger partial charge >= 0.3 is 8.25 Å². The van der Waals surface area contributed by atoms with Crippen molar-refractivity contribution in [2.75, 3.05) is 0 Å². The maximum Gasteiger partial charge on any atom is 0.314 e. The van der Waals surface area contributed by atoms with Crippen LogP contribution in [0, 0.1) is 5.92 Å². The number of aromatic nitrogens is 3. The van der Waals surface area contributed by atoms with Crippen molar-refractivity contribution in [3.05, 3.63) is 120 Å². The lowest BCUT2D eigenvalue weighted by molar-refractivity contribution is 0.251. The number of halogens is 1. The van der Waals surface area contributed by atoms with Crippen molar-refractivity contribution in [1.82, 2.24) is 14.8 Å². The largest absolute Gasteiger partial charge is 0.326 e. The zero-order valence-corrected chi connectivity index (χ0v) is 21.5. The van der Waals surface area contributed by atoms with Gasteiger partial charge in [-0.25, -0.2) is 14.1 Å². The van der Waals surface area contributed by atoms with Gasteiger partial charge in [0, 0.05) is 0 Å². The molecule has 1 unspecified atom stereocenters. The standard InChI is InChI=1S/C28H30FN3.H3O3P/c1-3-22(4-2)20-26(29)27-30-21-32(31-27)28(23-14-8-5-9-15-23,24-16-10-6-11-17-24)25-18-12-7-13-19-25;1-4(2)3/h5-19,21-22,26H,3-4,20H2,1-2H3;4H,(H2,1,2,3). The molecule has 8 heteroatoms. The normalized spacial score (nSPS) is 12.3. The number of rotatable bonds is 9. The van der Waals surface area contributed by atoms with E-state index < -0.39 is 20.0 Å². The highest BCUT2D eigenvalue weighted by atomic mass is 31.1. The maximum atomic E-state index is 15.2. The Balaban J connectivity index is 0.000000840. The van der Waals surface area contributed by atoms with Gasteiger partial charge in [0.1, 0.15) is 11.9 Å². The van der Waals surface area contributed by atoms with Crippen molar-refractivity contribution in [2.24, 2.45) is 5.92 Å². The fourth-order valence-corrected chi connectivity index (χ4v) is 4.54. The number of hydrogen-bond acceptors (Lipinski definition) is 3. The predicted octanol–water partition coefficient (Wildman–Crippen LogP) is 6.32. The van der Waals surface area contributed by atoms with Crippen LogP contribution in [0.3, 0.4) is 0 Å². The topological polar surface area (TPSA) is 88.2 Å². The molecule has 1 atom stereocenters. The van der Waals surface area contributed by atoms with Gasteiger partial charge in [-0.15, -0.1) is 0 Å². The highest BCUT2D eigenvalue weighted by Gasteiger charge is 2.40. The Bertz CT molecular complexity index is 1100. The lowest BCUT2D eigenvalue weighted by Gasteiger charge is -2.35. The molecule has 0 saturated carbocycles. The average Bonchev–Trinajstić information content (AvgIpc) is 3.40. The molecule has 4 rings (SSSR count). The van der Waals surface area contributed by atoms with Crippen LogP contribution in [-0.4, -0.2) is 24.6 Å². The van der Waals surface area contributed by atoms with E-state index in [2.05, 4.69) is 55.2 Å². The number of alkyl halides is 1. The van der Waals surface area contributed by atoms with Gasteiger partial charge in [-0.2, -0.15) is 5.10 Å². The molecular formula is C28H33FN3O3P. The third kappa shape index (κ3) is 6.35. The van der Waals surface area contributed by atoms with E-state index in [9.17, 15) is 0 Å². The monoisotopic (exact) mass is 509 g/mol. The molecule has 0 fully saturated rings. The molecule has 0 bridgehead atoms. The molecule has 0 aliphatic heterocycles. The van der Waals surface area contributed by atoms with Crippen molar-refractivity contribution in [3.63, 3.8) is 0 Å². The molecule has 0 radical (unpaired) electrons. The summed E-state index contributed by atoms with van der Waals surface area (Å²) >= 11 is 0. The van der Waals surface area contributed by atoms with Crippen LogP contribution in [0.5, 0.6) is 0 Å². The Morgan fingerprint density at radius 1 is 0.833 bits per heavy atom. The lowest BCUT2D eigenvalue weighted by atomic mass is 9.77. The van der Waals surface area contributed by atoms with Crippen LogP contribution in [0.4, 0.5) is 4.39 Å². The second-order valence-corrected chi connectivity index (χ2v) is 9.09. The molecule has 3 aromatic carbocycles. The first-order valence-corrected chi connectivity index (χ1v) is 13.4. The quantitative estimate of drug-likeness (QED) is 0.204. The highest BCUT2D eigenvalue weighted by molar-refractivity contribution is 7.30. The summed E-state index contributed by atoms with van der Waals surface area (Å²) in [5.41, 5.74) is 2.38. The van der Waals surface area contributed by atoms with Crippen LogP contribution in [0.2, 0.25) is 0 Å². The highest BCUT2D eigenvalue weighted by Crippen LogP contribution is 2.40. The minimum absolute atomic E-state index is 0.254. The summed E-state index contributed by atoms with van der Waals surface area (Å²) in [6.45, 7) is 4.22. The Labute approximate surface area is 212 Å². The van der Waals surface area contributed by atoms with Gasteiger partial charge in [-0.05, 0) is 29.0 Å². The maximum absolute atomic E-state index is 15.2. The second kappa shape index (κ2) is 13.3. The van der Waals surface area contributed by atoms with Gasteiger partial charge in [-0.3, -0.25) is 4.57 Å². The Kier molecular flexibility index (Phi) is 10.1. The van der Waals surface area contributed by atoms with Gasteiger partial charge < -0.3 is 9.79 Å². The summed E-state index contributed by atoms with van der Waals surface area (Å²) in [5, 5.41) is 4.76. The third-order valence-corrected chi connectivity index (χ3v) is 6.40. The lowest BCUT2D eigenvalue weighted by Crippen LogP contribution is -2.38. The van der Waals surface area contributed by atoms with Crippen molar-refractivity contribution < 1.29 is 18.7 Å². The van der Waals surface area contributed by atoms with E-state index in [1.54, 1.807) is 6.33 Å². The molecule has 2 N–H and O–H groups in total. The molecule has 0 aliphatic rings. The number of benzene rings is 3. The molecule has 6 nitrogen and oxygen atoms in total.